The highest BCUT2D eigenvalue weighted by atomic mass is 32.1. The molecule has 97 heavy (non-hydrogen) atoms. The van der Waals surface area contributed by atoms with Gasteiger partial charge in [0.05, 0.1) is 27.8 Å². The van der Waals surface area contributed by atoms with Gasteiger partial charge in [-0.2, -0.15) is 0 Å². The van der Waals surface area contributed by atoms with E-state index in [0.717, 1.165) is 133 Å². The molecule has 3 aromatic heterocycles. The topological polar surface area (TPSA) is 330 Å². The zero-order valence-corrected chi connectivity index (χ0v) is 55.0. The molecule has 19 heteroatoms. The number of nitrogens with two attached hydrogens (primary N) is 4. The molecule has 11 aromatic rings. The van der Waals surface area contributed by atoms with Crippen molar-refractivity contribution in [2.24, 2.45) is 27.9 Å². The van der Waals surface area contributed by atoms with Crippen LogP contribution in [0.15, 0.2) is 204 Å². The number of phenolic OH excluding ortho intramolecular Hbond substituents is 4. The van der Waals surface area contributed by atoms with Crippen LogP contribution in [0.1, 0.15) is 75.7 Å². The molecule has 0 bridgehead atoms. The van der Waals surface area contributed by atoms with Crippen LogP contribution in [0.3, 0.4) is 0 Å². The van der Waals surface area contributed by atoms with Crippen LogP contribution in [-0.2, 0) is 44.9 Å². The molecule has 8 aromatic carbocycles. The Bertz CT molecular complexity index is 4690. The molecule has 0 saturated carbocycles. The summed E-state index contributed by atoms with van der Waals surface area (Å²) in [6.07, 6.45) is 12.2. The first-order valence-electron chi connectivity index (χ1n) is 31.3. The molecule has 492 valence electrons. The van der Waals surface area contributed by atoms with Crippen molar-refractivity contribution in [1.82, 2.24) is 20.1 Å². The van der Waals surface area contributed by atoms with E-state index in [-0.39, 0.29) is 65.9 Å². The highest BCUT2D eigenvalue weighted by Gasteiger charge is 2.18. The summed E-state index contributed by atoms with van der Waals surface area (Å²) < 4.78 is 5.26. The fourth-order valence-corrected chi connectivity index (χ4v) is 12.3. The van der Waals surface area contributed by atoms with Gasteiger partial charge in [-0.25, -0.2) is 15.0 Å². The zero-order chi connectivity index (χ0) is 69.1. The molecule has 0 spiro atoms. The molecule has 4 amide bonds. The van der Waals surface area contributed by atoms with E-state index in [9.17, 15) is 39.6 Å². The molecule has 0 fully saturated rings. The van der Waals surface area contributed by atoms with Crippen molar-refractivity contribution >= 4 is 46.8 Å². The lowest BCUT2D eigenvalue weighted by Gasteiger charge is -2.12. The Labute approximate surface area is 566 Å². The van der Waals surface area contributed by atoms with Crippen LogP contribution in [0.4, 0.5) is 0 Å². The van der Waals surface area contributed by atoms with Gasteiger partial charge in [0.1, 0.15) is 35.1 Å². The third-order valence-electron chi connectivity index (χ3n) is 16.0. The van der Waals surface area contributed by atoms with Crippen LogP contribution in [0.2, 0.25) is 0 Å². The summed E-state index contributed by atoms with van der Waals surface area (Å²) in [5, 5.41) is 44.0. The largest absolute Gasteiger partial charge is 0.508 e. The number of carbonyl (C=O) groups is 4. The minimum atomic E-state index is -0.343. The Morgan fingerprint density at radius 3 is 1.19 bits per heavy atom. The fourth-order valence-electron chi connectivity index (χ4n) is 11.4. The van der Waals surface area contributed by atoms with Gasteiger partial charge in [-0.15, -0.1) is 11.3 Å². The van der Waals surface area contributed by atoms with Crippen molar-refractivity contribution in [2.45, 2.75) is 79.1 Å². The summed E-state index contributed by atoms with van der Waals surface area (Å²) in [6.45, 7) is 8.49. The van der Waals surface area contributed by atoms with Gasteiger partial charge in [-0.3, -0.25) is 24.2 Å². The van der Waals surface area contributed by atoms with Gasteiger partial charge in [-0.1, -0.05) is 126 Å². The number of carbonyl (C=O) groups excluding carboxylic acids is 4. The maximum atomic E-state index is 11.3. The standard InChI is InChI=1S/C20H20N2O3.C20H20N2O2S.C19H17N3O2.C19H18N2O2/c1-12-20(13(2)25-22-12)16-6-8-18(14-4-3-5-17(23)11-14)15(10-16)7-9-19(21)24;1-12-20(25-13(2)22-12)16-6-8-18(14-4-3-5-17(23)11-14)15(10-16)7-9-19(21)24;20-19(24)7-5-15-8-13(16-10-21-12-22-11-16)4-6-18(15)14-2-1-3-17(23)9-14;20-19(23)7-5-15-10-13(16-8-9-21-12-16)4-6-18(15)14-2-1-3-17(22)11-14/h2*3-6,8,10-11,23H,7,9H2,1-2H3,(H2,21,24);1-4,6,8-12,23H,5,7H2,(H2,20,24);1-4,6,8,10-12,22H,5,7,9H2,(H2,20,23). The monoisotopic (exact) mass is 1310 g/mol. The predicted molar refractivity (Wildman–Crippen MR) is 382 cm³/mol. The SMILES string of the molecule is Cc1nc(C)c(-c2ccc(-c3cccc(O)c3)c(CCC(N)=O)c2)s1.Cc1noc(C)c1-c1ccc(-c2cccc(O)c2)c(CCC(N)=O)c1.NC(=O)CCc1cc(-c2cncnc2)ccc1-c1cccc(O)c1.NC(=O)CCc1cc(C2=CCN=C2)ccc1-c1cccc(O)c1. The molecule has 12 N–H and O–H groups in total. The summed E-state index contributed by atoms with van der Waals surface area (Å²) in [5.74, 6) is 0.269. The number of primary amides is 4. The van der Waals surface area contributed by atoms with Gasteiger partial charge in [0, 0.05) is 55.4 Å². The molecule has 0 atom stereocenters. The van der Waals surface area contributed by atoms with E-state index in [2.05, 4.69) is 49.4 Å². The normalized spacial score (nSPS) is 11.3. The first-order chi connectivity index (χ1) is 46.7. The van der Waals surface area contributed by atoms with Crippen molar-refractivity contribution in [3.63, 3.8) is 0 Å². The molecular formula is C78H75N9O9S. The second kappa shape index (κ2) is 32.8. The van der Waals surface area contributed by atoms with E-state index >= 15 is 0 Å². The number of allylic oxidation sites excluding steroid dienone is 1. The minimum absolute atomic E-state index is 0.202. The van der Waals surface area contributed by atoms with E-state index < -0.39 is 0 Å². The Morgan fingerprint density at radius 1 is 0.443 bits per heavy atom. The molecule has 4 heterocycles. The van der Waals surface area contributed by atoms with Crippen LogP contribution in [-0.4, -0.2) is 76.9 Å². The summed E-state index contributed by atoms with van der Waals surface area (Å²) >= 11 is 1.66. The number of aryl methyl sites for hydroxylation is 8. The number of benzene rings is 8. The first-order valence-corrected chi connectivity index (χ1v) is 32.1. The Balaban J connectivity index is 0.000000152. The number of amides is 4. The number of phenols is 4. The summed E-state index contributed by atoms with van der Waals surface area (Å²) in [6, 6.07) is 52.7. The third-order valence-corrected chi connectivity index (χ3v) is 17.1. The van der Waals surface area contributed by atoms with Crippen molar-refractivity contribution in [3.8, 4) is 100 Å². The van der Waals surface area contributed by atoms with Crippen molar-refractivity contribution < 1.29 is 44.1 Å². The quantitative estimate of drug-likeness (QED) is 0.0352. The van der Waals surface area contributed by atoms with Crippen molar-refractivity contribution in [3.05, 3.63) is 245 Å². The highest BCUT2D eigenvalue weighted by Crippen LogP contribution is 2.38. The average molecular weight is 1310 g/mol. The molecule has 1 aliphatic heterocycles. The Morgan fingerprint density at radius 2 is 0.825 bits per heavy atom. The molecule has 0 unspecified atom stereocenters. The smallest absolute Gasteiger partial charge is 0.217 e. The van der Waals surface area contributed by atoms with Crippen molar-refractivity contribution in [1.29, 1.82) is 0 Å². The minimum Gasteiger partial charge on any atom is -0.508 e. The summed E-state index contributed by atoms with van der Waals surface area (Å²) in [5.41, 5.74) is 41.8. The zero-order valence-electron chi connectivity index (χ0n) is 54.2. The second-order valence-corrected chi connectivity index (χ2v) is 24.4. The number of rotatable bonds is 20. The molecule has 1 aliphatic rings. The van der Waals surface area contributed by atoms with Gasteiger partial charge in [-0.05, 0) is 203 Å². The molecule has 0 aliphatic carbocycles. The number of thiazole rings is 1. The summed E-state index contributed by atoms with van der Waals surface area (Å²) in [7, 11) is 0. The molecule has 0 radical (unpaired) electrons. The van der Waals surface area contributed by atoms with Crippen LogP contribution < -0.4 is 22.9 Å². The number of aromatic hydroxyl groups is 4. The number of aliphatic imine (C=N–C) groups is 1. The predicted octanol–water partition coefficient (Wildman–Crippen LogP) is 13.8. The van der Waals surface area contributed by atoms with E-state index in [1.807, 2.05) is 125 Å². The molecule has 0 saturated heterocycles. The van der Waals surface area contributed by atoms with Crippen molar-refractivity contribution in [2.75, 3.05) is 6.54 Å². The molecular weight excluding hydrogens is 1240 g/mol. The first kappa shape index (κ1) is 69.5. The Hall–Kier alpha value is -11.8. The fraction of sp³-hybridized carbons (Fsp3) is 0.167. The van der Waals surface area contributed by atoms with Gasteiger partial charge in [0.25, 0.3) is 0 Å². The van der Waals surface area contributed by atoms with E-state index in [1.165, 1.54) is 6.33 Å². The van der Waals surface area contributed by atoms with E-state index in [4.69, 9.17) is 27.5 Å². The van der Waals surface area contributed by atoms with Gasteiger partial charge in [0.15, 0.2) is 0 Å². The number of nitrogens with zero attached hydrogens (tertiary/aromatic N) is 5. The van der Waals surface area contributed by atoms with Gasteiger partial charge in [0.2, 0.25) is 23.6 Å². The van der Waals surface area contributed by atoms with Crippen LogP contribution in [0.25, 0.3) is 82.8 Å². The lowest BCUT2D eigenvalue weighted by Crippen LogP contribution is -2.11. The Kier molecular flexibility index (Phi) is 23.5. The summed E-state index contributed by atoms with van der Waals surface area (Å²) in [4.78, 5) is 62.8. The average Bonchev–Trinajstić information content (AvgIpc) is 1.77. The van der Waals surface area contributed by atoms with Gasteiger partial charge >= 0.3 is 0 Å². The number of hydrogen-bond donors (Lipinski definition) is 8. The van der Waals surface area contributed by atoms with Crippen LogP contribution in [0, 0.1) is 27.7 Å². The third kappa shape index (κ3) is 19.2. The lowest BCUT2D eigenvalue weighted by molar-refractivity contribution is -0.118. The van der Waals surface area contributed by atoms with E-state index in [0.29, 0.717) is 38.6 Å². The lowest BCUT2D eigenvalue weighted by atomic mass is 9.92. The van der Waals surface area contributed by atoms with Crippen LogP contribution >= 0.6 is 11.3 Å². The maximum absolute atomic E-state index is 11.3. The molecule has 12 rings (SSSR count). The van der Waals surface area contributed by atoms with Gasteiger partial charge < -0.3 is 47.9 Å². The van der Waals surface area contributed by atoms with E-state index in [1.54, 1.807) is 84.4 Å². The second-order valence-electron chi connectivity index (χ2n) is 23.2. The number of hydrogen-bond acceptors (Lipinski definition) is 15. The highest BCUT2D eigenvalue weighted by molar-refractivity contribution is 7.15. The maximum Gasteiger partial charge on any atom is 0.217 e. The molecule has 18 nitrogen and oxygen atoms in total. The number of aromatic nitrogens is 4. The van der Waals surface area contributed by atoms with Crippen LogP contribution in [0.5, 0.6) is 23.0 Å².